The van der Waals surface area contributed by atoms with Gasteiger partial charge in [-0.25, -0.2) is 8.42 Å². The number of carbonyl (C=O) groups excluding carboxylic acids is 5. The minimum atomic E-state index is -4.08. The first-order valence-corrected chi connectivity index (χ1v) is 20.3. The molecule has 0 N–H and O–H groups in total. The van der Waals surface area contributed by atoms with Gasteiger partial charge in [0.1, 0.15) is 5.78 Å². The van der Waals surface area contributed by atoms with E-state index in [1.54, 1.807) is 4.90 Å². The third-order valence-electron chi connectivity index (χ3n) is 11.9. The van der Waals surface area contributed by atoms with Crippen molar-refractivity contribution in [3.8, 4) is 0 Å². The molecule has 3 saturated carbocycles. The Labute approximate surface area is 302 Å². The smallest absolute Gasteiger partial charge is 0.227 e. The summed E-state index contributed by atoms with van der Waals surface area (Å²) in [6.45, 7) is 16.3. The van der Waals surface area contributed by atoms with E-state index in [0.29, 0.717) is 19.4 Å². The second-order valence-corrected chi connectivity index (χ2v) is 21.1. The van der Waals surface area contributed by atoms with E-state index in [0.717, 1.165) is 19.3 Å². The van der Waals surface area contributed by atoms with Crippen molar-refractivity contribution in [2.45, 2.75) is 163 Å². The lowest BCUT2D eigenvalue weighted by Gasteiger charge is -2.40. The SMILES string of the molecule is [2H]C1([2H])CCCC([2H])([2H])C1(CC(=O)C[C@H](C(=O)N1C[C@H]2[C@@H]([C@H]1C(=O)C[C@@H](CCCC)C(=O)C(=O)CC1CC1)C2(C)C)C(C)(C)C)CS(=O)(=O)C(C)(C)C. The number of carbonyl (C=O) groups is 5. The van der Waals surface area contributed by atoms with Crippen LogP contribution in [0.4, 0.5) is 0 Å². The maximum absolute atomic E-state index is 14.7. The molecule has 1 aliphatic heterocycles. The number of nitrogens with zero attached hydrogens (tertiary/aromatic N) is 1. The summed E-state index contributed by atoms with van der Waals surface area (Å²) in [4.78, 5) is 71.1. The molecule has 0 aromatic heterocycles. The molecule has 1 amide bonds. The Balaban J connectivity index is 1.63. The Kier molecular flexibility index (Phi) is 10.2. The van der Waals surface area contributed by atoms with E-state index in [-0.39, 0.29) is 67.5 Å². The normalized spacial score (nSPS) is 29.3. The Bertz CT molecular complexity index is 1560. The number of piperidine rings is 1. The van der Waals surface area contributed by atoms with Crippen LogP contribution in [0.25, 0.3) is 0 Å². The second kappa shape index (κ2) is 14.6. The van der Waals surface area contributed by atoms with Crippen LogP contribution in [-0.4, -0.2) is 65.4 Å². The van der Waals surface area contributed by atoms with Crippen molar-refractivity contribution in [2.75, 3.05) is 12.3 Å². The monoisotopic (exact) mass is 707 g/mol. The van der Waals surface area contributed by atoms with Crippen molar-refractivity contribution < 1.29 is 37.9 Å². The summed E-state index contributed by atoms with van der Waals surface area (Å²) in [5, 5.41) is 0. The highest BCUT2D eigenvalue weighted by molar-refractivity contribution is 7.92. The van der Waals surface area contributed by atoms with Crippen molar-refractivity contribution in [3.05, 3.63) is 0 Å². The molecule has 3 aliphatic carbocycles. The Hall–Kier alpha value is -1.90. The van der Waals surface area contributed by atoms with Crippen LogP contribution in [0.15, 0.2) is 0 Å². The number of fused-ring (bicyclic) bond motifs is 1. The molecular formula is C40H65NO7S. The summed E-state index contributed by atoms with van der Waals surface area (Å²) >= 11 is 0. The van der Waals surface area contributed by atoms with Crippen LogP contribution in [0.2, 0.25) is 0 Å². The molecule has 49 heavy (non-hydrogen) atoms. The Morgan fingerprint density at radius 3 is 2.08 bits per heavy atom. The van der Waals surface area contributed by atoms with Gasteiger partial charge in [-0.3, -0.25) is 24.0 Å². The molecule has 9 heteroatoms. The van der Waals surface area contributed by atoms with E-state index < -0.39 is 91.5 Å². The molecule has 0 unspecified atom stereocenters. The van der Waals surface area contributed by atoms with Crippen molar-refractivity contribution >= 4 is 38.9 Å². The number of Topliss-reactive ketones (excluding diaryl/α,β-unsaturated/α-hetero) is 4. The average molecular weight is 708 g/mol. The largest absolute Gasteiger partial charge is 0.332 e. The lowest BCUT2D eigenvalue weighted by Crippen LogP contribution is -2.51. The number of likely N-dealkylation sites (tertiary alicyclic amines) is 1. The van der Waals surface area contributed by atoms with Crippen molar-refractivity contribution in [1.82, 2.24) is 4.90 Å². The maximum Gasteiger partial charge on any atom is 0.227 e. The summed E-state index contributed by atoms with van der Waals surface area (Å²) < 4.78 is 61.8. The first-order chi connectivity index (χ1) is 24.0. The molecular weight excluding hydrogens is 639 g/mol. The van der Waals surface area contributed by atoms with Crippen molar-refractivity contribution in [3.63, 3.8) is 0 Å². The van der Waals surface area contributed by atoms with E-state index in [1.807, 2.05) is 27.7 Å². The minimum Gasteiger partial charge on any atom is -0.332 e. The molecule has 4 rings (SSSR count). The molecule has 0 bridgehead atoms. The molecule has 1 heterocycles. The summed E-state index contributed by atoms with van der Waals surface area (Å²) in [7, 11) is -4.08. The van der Waals surface area contributed by atoms with Gasteiger partial charge in [0.05, 0.1) is 16.5 Å². The van der Waals surface area contributed by atoms with Gasteiger partial charge < -0.3 is 4.90 Å². The fourth-order valence-electron chi connectivity index (χ4n) is 8.16. The molecule has 0 aromatic rings. The molecule has 4 fully saturated rings. The molecule has 0 spiro atoms. The first kappa shape index (κ1) is 34.2. The topological polar surface area (TPSA) is 123 Å². The number of unbranched alkanes of at least 4 members (excludes halogenated alkanes) is 1. The predicted molar refractivity (Wildman–Crippen MR) is 192 cm³/mol. The highest BCUT2D eigenvalue weighted by atomic mass is 32.2. The van der Waals surface area contributed by atoms with Crippen LogP contribution in [0.3, 0.4) is 0 Å². The van der Waals surface area contributed by atoms with Gasteiger partial charge in [0.2, 0.25) is 11.7 Å². The fourth-order valence-corrected chi connectivity index (χ4v) is 9.55. The van der Waals surface area contributed by atoms with Crippen LogP contribution in [-0.2, 0) is 33.8 Å². The molecule has 8 nitrogen and oxygen atoms in total. The van der Waals surface area contributed by atoms with Gasteiger partial charge in [-0.2, -0.15) is 0 Å². The highest BCUT2D eigenvalue weighted by Gasteiger charge is 2.69. The third kappa shape index (κ3) is 9.13. The molecule has 1 saturated heterocycles. The molecule has 0 radical (unpaired) electrons. The van der Waals surface area contributed by atoms with E-state index in [2.05, 4.69) is 13.8 Å². The quantitative estimate of drug-likeness (QED) is 0.145. The summed E-state index contributed by atoms with van der Waals surface area (Å²) in [6.07, 6.45) is -1.78. The standard InChI is InChI=1S/C40H65NO7S/c1-10-11-15-27(35(45)32(44)20-26-16-17-26)21-31(43)34-33-30(39(33,8)9)24-41(34)36(46)29(37(2,3)4)22-28(42)23-40(18-13-12-14-19-40)25-49(47,48)38(5,6)7/h26-27,29-30,33-34H,10-25H2,1-9H3/t27-,29-,30+,33+,34-/m1/s1/i18D2,19D2. The fraction of sp³-hybridized carbons (Fsp3) is 0.875. The first-order valence-electron chi connectivity index (χ1n) is 20.7. The summed E-state index contributed by atoms with van der Waals surface area (Å²) in [5.74, 6) is -4.55. The number of hydrogen-bond acceptors (Lipinski definition) is 7. The van der Waals surface area contributed by atoms with Gasteiger partial charge in [0.25, 0.3) is 0 Å². The van der Waals surface area contributed by atoms with Gasteiger partial charge in [-0.1, -0.05) is 73.6 Å². The number of ketones is 4. The highest BCUT2D eigenvalue weighted by Crippen LogP contribution is 2.65. The van der Waals surface area contributed by atoms with E-state index in [9.17, 15) is 32.4 Å². The Morgan fingerprint density at radius 1 is 0.939 bits per heavy atom. The zero-order valence-electron chi connectivity index (χ0n) is 35.6. The number of hydrogen-bond donors (Lipinski definition) is 0. The number of rotatable bonds is 17. The van der Waals surface area contributed by atoms with Crippen molar-refractivity contribution in [1.29, 1.82) is 0 Å². The maximum atomic E-state index is 14.7. The summed E-state index contributed by atoms with van der Waals surface area (Å²) in [5.41, 5.74) is -3.17. The van der Waals surface area contributed by atoms with Crippen LogP contribution in [0.1, 0.15) is 158 Å². The molecule has 5 atom stereocenters. The van der Waals surface area contributed by atoms with Crippen LogP contribution in [0.5, 0.6) is 0 Å². The third-order valence-corrected chi connectivity index (χ3v) is 14.7. The van der Waals surface area contributed by atoms with Gasteiger partial charge in [0, 0.05) is 49.5 Å². The van der Waals surface area contributed by atoms with Gasteiger partial charge >= 0.3 is 0 Å². The average Bonchev–Trinajstić information content (AvgIpc) is 3.85. The molecule has 278 valence electrons. The predicted octanol–water partition coefficient (Wildman–Crippen LogP) is 7.35. The van der Waals surface area contributed by atoms with Gasteiger partial charge in [0.15, 0.2) is 21.4 Å². The van der Waals surface area contributed by atoms with Crippen LogP contribution < -0.4 is 0 Å². The zero-order valence-corrected chi connectivity index (χ0v) is 32.4. The Morgan fingerprint density at radius 2 is 1.55 bits per heavy atom. The minimum absolute atomic E-state index is 0.0469. The summed E-state index contributed by atoms with van der Waals surface area (Å²) in [6, 6.07) is -0.817. The van der Waals surface area contributed by atoms with Gasteiger partial charge in [-0.05, 0) is 86.8 Å². The van der Waals surface area contributed by atoms with Crippen LogP contribution in [0, 0.1) is 45.8 Å². The van der Waals surface area contributed by atoms with E-state index in [4.69, 9.17) is 5.48 Å². The van der Waals surface area contributed by atoms with Gasteiger partial charge in [-0.15, -0.1) is 0 Å². The van der Waals surface area contributed by atoms with Crippen LogP contribution >= 0.6 is 0 Å². The molecule has 0 aromatic carbocycles. The van der Waals surface area contributed by atoms with E-state index >= 15 is 0 Å². The second-order valence-electron chi connectivity index (χ2n) is 18.3. The zero-order chi connectivity index (χ0) is 40.3. The number of amides is 1. The lowest BCUT2D eigenvalue weighted by molar-refractivity contribution is -0.148. The van der Waals surface area contributed by atoms with Crippen molar-refractivity contribution in [2.24, 2.45) is 45.8 Å². The van der Waals surface area contributed by atoms with E-state index in [1.165, 1.54) is 20.8 Å². The number of sulfone groups is 1. The molecule has 4 aliphatic rings. The lowest BCUT2D eigenvalue weighted by atomic mass is 9.70.